The highest BCUT2D eigenvalue weighted by Crippen LogP contribution is 2.15. The molecule has 0 N–H and O–H groups in total. The van der Waals surface area contributed by atoms with Gasteiger partial charge in [-0.05, 0) is 44.0 Å². The van der Waals surface area contributed by atoms with Crippen molar-refractivity contribution < 1.29 is 14.3 Å². The number of methoxy groups -OCH3 is 1. The van der Waals surface area contributed by atoms with Crippen LogP contribution in [0.25, 0.3) is 0 Å². The van der Waals surface area contributed by atoms with Crippen molar-refractivity contribution in [3.05, 3.63) is 29.8 Å². The third-order valence-electron chi connectivity index (χ3n) is 3.72. The average Bonchev–Trinajstić information content (AvgIpc) is 2.49. The highest BCUT2D eigenvalue weighted by Gasteiger charge is 2.20. The Morgan fingerprint density at radius 2 is 1.90 bits per heavy atom. The zero-order valence-electron chi connectivity index (χ0n) is 12.3. The monoisotopic (exact) mass is 277 g/mol. The summed E-state index contributed by atoms with van der Waals surface area (Å²) in [6.07, 6.45) is 2.37. The predicted molar refractivity (Wildman–Crippen MR) is 78.4 cm³/mol. The minimum atomic E-state index is 0.170. The molecule has 1 aliphatic rings. The normalized spacial score (nSPS) is 17.1. The molecule has 20 heavy (non-hydrogen) atoms. The maximum absolute atomic E-state index is 12.2. The van der Waals surface area contributed by atoms with Crippen molar-refractivity contribution in [3.63, 3.8) is 0 Å². The van der Waals surface area contributed by atoms with E-state index < -0.39 is 0 Å². The molecule has 0 aromatic heterocycles. The molecule has 1 aromatic carbocycles. The summed E-state index contributed by atoms with van der Waals surface area (Å²) in [5.74, 6) is 0.980. The number of ketones is 1. The van der Waals surface area contributed by atoms with Crippen LogP contribution in [-0.2, 0) is 4.74 Å². The van der Waals surface area contributed by atoms with Crippen LogP contribution in [0.3, 0.4) is 0 Å². The van der Waals surface area contributed by atoms with Crippen LogP contribution < -0.4 is 4.74 Å². The first-order valence-electron chi connectivity index (χ1n) is 7.24. The van der Waals surface area contributed by atoms with Gasteiger partial charge in [-0.25, -0.2) is 0 Å². The second kappa shape index (κ2) is 7.41. The van der Waals surface area contributed by atoms with E-state index >= 15 is 0 Å². The fourth-order valence-corrected chi connectivity index (χ4v) is 2.50. The Hall–Kier alpha value is -1.39. The SMILES string of the molecule is CCOc1ccc(C(=O)CN2CCC(OC)CC2)cc1. The fraction of sp³-hybridized carbons (Fsp3) is 0.562. The highest BCUT2D eigenvalue weighted by molar-refractivity contribution is 5.97. The molecule has 110 valence electrons. The Bertz CT molecular complexity index is 422. The van der Waals surface area contributed by atoms with Crippen molar-refractivity contribution in [3.8, 4) is 5.75 Å². The molecule has 1 aliphatic heterocycles. The third kappa shape index (κ3) is 4.05. The average molecular weight is 277 g/mol. The Balaban J connectivity index is 1.85. The van der Waals surface area contributed by atoms with Crippen molar-refractivity contribution >= 4 is 5.78 Å². The molecule has 1 saturated heterocycles. The molecule has 0 spiro atoms. The Kier molecular flexibility index (Phi) is 5.56. The lowest BCUT2D eigenvalue weighted by atomic mass is 10.1. The highest BCUT2D eigenvalue weighted by atomic mass is 16.5. The molecule has 2 rings (SSSR count). The van der Waals surface area contributed by atoms with Crippen LogP contribution >= 0.6 is 0 Å². The first-order chi connectivity index (χ1) is 9.72. The maximum Gasteiger partial charge on any atom is 0.176 e. The van der Waals surface area contributed by atoms with Crippen LogP contribution in [0.2, 0.25) is 0 Å². The minimum absolute atomic E-state index is 0.170. The van der Waals surface area contributed by atoms with Crippen LogP contribution in [0.15, 0.2) is 24.3 Å². The number of likely N-dealkylation sites (tertiary alicyclic amines) is 1. The molecule has 4 nitrogen and oxygen atoms in total. The molecule has 0 bridgehead atoms. The van der Waals surface area contributed by atoms with Gasteiger partial charge in [-0.2, -0.15) is 0 Å². The van der Waals surface area contributed by atoms with Gasteiger partial charge in [0.25, 0.3) is 0 Å². The number of benzene rings is 1. The number of carbonyl (C=O) groups is 1. The number of hydrogen-bond acceptors (Lipinski definition) is 4. The summed E-state index contributed by atoms with van der Waals surface area (Å²) in [6.45, 7) is 4.94. The zero-order chi connectivity index (χ0) is 14.4. The molecule has 0 atom stereocenters. The number of rotatable bonds is 6. The van der Waals surface area contributed by atoms with Crippen LogP contribution in [0.1, 0.15) is 30.1 Å². The van der Waals surface area contributed by atoms with Crippen molar-refractivity contribution in [1.82, 2.24) is 4.90 Å². The number of Topliss-reactive ketones (excluding diaryl/α,β-unsaturated/α-hetero) is 1. The molecule has 1 aromatic rings. The summed E-state index contributed by atoms with van der Waals surface area (Å²) in [7, 11) is 1.76. The van der Waals surface area contributed by atoms with Gasteiger partial charge in [-0.3, -0.25) is 9.69 Å². The Labute approximate surface area is 120 Å². The second-order valence-electron chi connectivity index (χ2n) is 5.09. The van der Waals surface area contributed by atoms with Gasteiger partial charge in [-0.15, -0.1) is 0 Å². The molecule has 0 unspecified atom stereocenters. The molecule has 4 heteroatoms. The predicted octanol–water partition coefficient (Wildman–Crippen LogP) is 2.38. The number of piperidine rings is 1. The van der Waals surface area contributed by atoms with E-state index in [9.17, 15) is 4.79 Å². The van der Waals surface area contributed by atoms with E-state index in [0.717, 1.165) is 37.2 Å². The number of hydrogen-bond donors (Lipinski definition) is 0. The molecular formula is C16H23NO3. The fourth-order valence-electron chi connectivity index (χ4n) is 2.50. The van der Waals surface area contributed by atoms with Gasteiger partial charge in [0.15, 0.2) is 5.78 Å². The summed E-state index contributed by atoms with van der Waals surface area (Å²) in [5, 5.41) is 0. The van der Waals surface area contributed by atoms with Crippen LogP contribution in [0.5, 0.6) is 5.75 Å². The molecule has 0 amide bonds. The summed E-state index contributed by atoms with van der Waals surface area (Å²) >= 11 is 0. The molecule has 0 saturated carbocycles. The van der Waals surface area contributed by atoms with Crippen LogP contribution in [0.4, 0.5) is 0 Å². The van der Waals surface area contributed by atoms with Crippen molar-refractivity contribution in [1.29, 1.82) is 0 Å². The van der Waals surface area contributed by atoms with Crippen molar-refractivity contribution in [2.45, 2.75) is 25.9 Å². The number of carbonyl (C=O) groups excluding carboxylic acids is 1. The van der Waals surface area contributed by atoms with Crippen molar-refractivity contribution in [2.75, 3.05) is 33.4 Å². The smallest absolute Gasteiger partial charge is 0.176 e. The summed E-state index contributed by atoms with van der Waals surface area (Å²) in [4.78, 5) is 14.4. The van der Waals surface area contributed by atoms with Gasteiger partial charge in [0, 0.05) is 25.8 Å². The Morgan fingerprint density at radius 3 is 2.45 bits per heavy atom. The van der Waals surface area contributed by atoms with E-state index in [1.807, 2.05) is 31.2 Å². The summed E-state index contributed by atoms with van der Waals surface area (Å²) in [5.41, 5.74) is 0.752. The van der Waals surface area contributed by atoms with E-state index in [2.05, 4.69) is 4.90 Å². The number of ether oxygens (including phenoxy) is 2. The first kappa shape index (κ1) is 15.0. The quantitative estimate of drug-likeness (QED) is 0.748. The lowest BCUT2D eigenvalue weighted by Crippen LogP contribution is -2.39. The van der Waals surface area contributed by atoms with E-state index in [1.165, 1.54) is 0 Å². The van der Waals surface area contributed by atoms with E-state index in [-0.39, 0.29) is 5.78 Å². The lowest BCUT2D eigenvalue weighted by molar-refractivity contribution is 0.0401. The van der Waals surface area contributed by atoms with Crippen molar-refractivity contribution in [2.24, 2.45) is 0 Å². The van der Waals surface area contributed by atoms with Gasteiger partial charge in [0.1, 0.15) is 5.75 Å². The van der Waals surface area contributed by atoms with Gasteiger partial charge in [0.05, 0.1) is 19.3 Å². The first-order valence-corrected chi connectivity index (χ1v) is 7.24. The minimum Gasteiger partial charge on any atom is -0.494 e. The van der Waals surface area contributed by atoms with Gasteiger partial charge >= 0.3 is 0 Å². The lowest BCUT2D eigenvalue weighted by Gasteiger charge is -2.30. The van der Waals surface area contributed by atoms with Crippen LogP contribution in [-0.4, -0.2) is 50.1 Å². The van der Waals surface area contributed by atoms with E-state index in [0.29, 0.717) is 19.3 Å². The standard InChI is InChI=1S/C16H23NO3/c1-3-20-15-6-4-13(5-7-15)16(18)12-17-10-8-14(19-2)9-11-17/h4-7,14H,3,8-12H2,1-2H3. The summed E-state index contributed by atoms with van der Waals surface area (Å²) < 4.78 is 10.7. The van der Waals surface area contributed by atoms with Gasteiger partial charge < -0.3 is 9.47 Å². The molecule has 1 heterocycles. The second-order valence-corrected chi connectivity index (χ2v) is 5.09. The molecule has 0 aliphatic carbocycles. The molecular weight excluding hydrogens is 254 g/mol. The topological polar surface area (TPSA) is 38.8 Å². The van der Waals surface area contributed by atoms with E-state index in [4.69, 9.17) is 9.47 Å². The van der Waals surface area contributed by atoms with Crippen LogP contribution in [0, 0.1) is 0 Å². The summed E-state index contributed by atoms with van der Waals surface area (Å²) in [6, 6.07) is 7.40. The zero-order valence-corrected chi connectivity index (χ0v) is 12.3. The molecule has 1 fully saturated rings. The Morgan fingerprint density at radius 1 is 1.25 bits per heavy atom. The maximum atomic E-state index is 12.2. The molecule has 0 radical (unpaired) electrons. The number of nitrogens with zero attached hydrogens (tertiary/aromatic N) is 1. The van der Waals surface area contributed by atoms with E-state index in [1.54, 1.807) is 7.11 Å². The third-order valence-corrected chi connectivity index (χ3v) is 3.72. The van der Waals surface area contributed by atoms with Gasteiger partial charge in [-0.1, -0.05) is 0 Å². The van der Waals surface area contributed by atoms with Gasteiger partial charge in [0.2, 0.25) is 0 Å². The largest absolute Gasteiger partial charge is 0.494 e.